The van der Waals surface area contributed by atoms with E-state index in [1.165, 1.54) is 0 Å². The van der Waals surface area contributed by atoms with E-state index in [-0.39, 0.29) is 12.0 Å². The van der Waals surface area contributed by atoms with Gasteiger partial charge in [-0.05, 0) is 37.4 Å². The van der Waals surface area contributed by atoms with E-state index in [1.807, 2.05) is 24.3 Å². The van der Waals surface area contributed by atoms with Crippen molar-refractivity contribution in [1.82, 2.24) is 5.32 Å². The van der Waals surface area contributed by atoms with E-state index >= 15 is 0 Å². The molecule has 0 bridgehead atoms. The van der Waals surface area contributed by atoms with Crippen LogP contribution in [0, 0.1) is 5.92 Å². The number of hydrogen-bond acceptors (Lipinski definition) is 4. The Bertz CT molecular complexity index is 465. The Labute approximate surface area is 125 Å². The van der Waals surface area contributed by atoms with Gasteiger partial charge in [-0.2, -0.15) is 0 Å². The SMILES string of the molecule is CC(CCN)CCC(=O)NCC1COc2ccccc2O1. The highest BCUT2D eigenvalue weighted by molar-refractivity contribution is 5.75. The Morgan fingerprint density at radius 1 is 1.38 bits per heavy atom. The summed E-state index contributed by atoms with van der Waals surface area (Å²) in [6.45, 7) is 3.73. The van der Waals surface area contributed by atoms with Gasteiger partial charge in [-0.15, -0.1) is 0 Å². The quantitative estimate of drug-likeness (QED) is 0.802. The van der Waals surface area contributed by atoms with Gasteiger partial charge in [0.05, 0.1) is 6.54 Å². The van der Waals surface area contributed by atoms with Crippen LogP contribution in [0.2, 0.25) is 0 Å². The van der Waals surface area contributed by atoms with Crippen molar-refractivity contribution in [3.8, 4) is 11.5 Å². The van der Waals surface area contributed by atoms with Crippen LogP contribution in [0.3, 0.4) is 0 Å². The first-order chi connectivity index (χ1) is 10.2. The predicted octanol–water partition coefficient (Wildman–Crippen LogP) is 1.71. The van der Waals surface area contributed by atoms with E-state index in [2.05, 4.69) is 12.2 Å². The summed E-state index contributed by atoms with van der Waals surface area (Å²) in [6, 6.07) is 7.57. The third-order valence-corrected chi connectivity index (χ3v) is 3.62. The standard InChI is InChI=1S/C16H24N2O3/c1-12(8-9-17)6-7-16(19)18-10-13-11-20-14-4-2-3-5-15(14)21-13/h2-5,12-13H,6-11,17H2,1H3,(H,18,19). The topological polar surface area (TPSA) is 73.6 Å². The first-order valence-electron chi connectivity index (χ1n) is 7.54. The maximum atomic E-state index is 11.8. The number of amides is 1. The zero-order valence-corrected chi connectivity index (χ0v) is 12.5. The van der Waals surface area contributed by atoms with Crippen molar-refractivity contribution in [3.05, 3.63) is 24.3 Å². The number of benzene rings is 1. The van der Waals surface area contributed by atoms with Gasteiger partial charge in [-0.25, -0.2) is 0 Å². The lowest BCUT2D eigenvalue weighted by Crippen LogP contribution is -2.40. The van der Waals surface area contributed by atoms with Crippen molar-refractivity contribution in [1.29, 1.82) is 0 Å². The summed E-state index contributed by atoms with van der Waals surface area (Å²) >= 11 is 0. The molecule has 0 spiro atoms. The fourth-order valence-corrected chi connectivity index (χ4v) is 2.29. The van der Waals surface area contributed by atoms with Crippen molar-refractivity contribution in [2.45, 2.75) is 32.3 Å². The third kappa shape index (κ3) is 4.93. The molecular weight excluding hydrogens is 268 g/mol. The van der Waals surface area contributed by atoms with Crippen molar-refractivity contribution < 1.29 is 14.3 Å². The average molecular weight is 292 g/mol. The lowest BCUT2D eigenvalue weighted by Gasteiger charge is -2.26. The van der Waals surface area contributed by atoms with Gasteiger partial charge < -0.3 is 20.5 Å². The minimum absolute atomic E-state index is 0.0568. The predicted molar refractivity (Wildman–Crippen MR) is 81.4 cm³/mol. The molecule has 0 fully saturated rings. The summed E-state index contributed by atoms with van der Waals surface area (Å²) in [5, 5.41) is 2.91. The van der Waals surface area contributed by atoms with Crippen LogP contribution in [0.1, 0.15) is 26.2 Å². The molecule has 0 radical (unpaired) electrons. The molecule has 5 heteroatoms. The van der Waals surface area contributed by atoms with Gasteiger partial charge in [-0.3, -0.25) is 4.79 Å². The Hall–Kier alpha value is -1.75. The molecule has 1 heterocycles. The highest BCUT2D eigenvalue weighted by Crippen LogP contribution is 2.30. The van der Waals surface area contributed by atoms with Crippen molar-refractivity contribution in [3.63, 3.8) is 0 Å². The average Bonchev–Trinajstić information content (AvgIpc) is 2.51. The fraction of sp³-hybridized carbons (Fsp3) is 0.562. The molecule has 0 aliphatic carbocycles. The van der Waals surface area contributed by atoms with E-state index in [4.69, 9.17) is 15.2 Å². The number of nitrogens with one attached hydrogen (secondary N) is 1. The molecular formula is C16H24N2O3. The molecule has 5 nitrogen and oxygen atoms in total. The molecule has 2 rings (SSSR count). The van der Waals surface area contributed by atoms with Gasteiger partial charge in [0, 0.05) is 6.42 Å². The number of nitrogens with two attached hydrogens (primary N) is 1. The highest BCUT2D eigenvalue weighted by atomic mass is 16.6. The molecule has 21 heavy (non-hydrogen) atoms. The van der Waals surface area contributed by atoms with Gasteiger partial charge in [0.15, 0.2) is 11.5 Å². The molecule has 1 amide bonds. The van der Waals surface area contributed by atoms with Gasteiger partial charge in [0.2, 0.25) is 5.91 Å². The van der Waals surface area contributed by atoms with Crippen molar-refractivity contribution in [2.24, 2.45) is 11.7 Å². The fourth-order valence-electron chi connectivity index (χ4n) is 2.29. The van der Waals surface area contributed by atoms with Crippen LogP contribution < -0.4 is 20.5 Å². The van der Waals surface area contributed by atoms with Crippen molar-refractivity contribution >= 4 is 5.91 Å². The third-order valence-electron chi connectivity index (χ3n) is 3.62. The zero-order valence-electron chi connectivity index (χ0n) is 12.5. The lowest BCUT2D eigenvalue weighted by molar-refractivity contribution is -0.121. The molecule has 0 aromatic heterocycles. The number of carbonyl (C=O) groups excluding carboxylic acids is 1. The first-order valence-corrected chi connectivity index (χ1v) is 7.54. The molecule has 1 aromatic carbocycles. The van der Waals surface area contributed by atoms with Gasteiger partial charge >= 0.3 is 0 Å². The second kappa shape index (κ2) is 7.88. The van der Waals surface area contributed by atoms with E-state index in [9.17, 15) is 4.79 Å². The van der Waals surface area contributed by atoms with Crippen LogP contribution in [0.4, 0.5) is 0 Å². The maximum absolute atomic E-state index is 11.8. The van der Waals surface area contributed by atoms with E-state index < -0.39 is 0 Å². The molecule has 1 aliphatic rings. The molecule has 0 saturated carbocycles. The molecule has 2 atom stereocenters. The summed E-state index contributed by atoms with van der Waals surface area (Å²) in [5.41, 5.74) is 5.50. The van der Waals surface area contributed by atoms with Crippen LogP contribution in [0.5, 0.6) is 11.5 Å². The van der Waals surface area contributed by atoms with E-state index in [0.29, 0.717) is 32.0 Å². The summed E-state index contributed by atoms with van der Waals surface area (Å²) in [7, 11) is 0. The molecule has 0 saturated heterocycles. The minimum atomic E-state index is -0.134. The Morgan fingerprint density at radius 2 is 2.14 bits per heavy atom. The second-order valence-corrected chi connectivity index (χ2v) is 5.52. The number of hydrogen-bond donors (Lipinski definition) is 2. The molecule has 3 N–H and O–H groups in total. The summed E-state index contributed by atoms with van der Waals surface area (Å²) in [5.74, 6) is 2.04. The van der Waals surface area contributed by atoms with E-state index in [1.54, 1.807) is 0 Å². The van der Waals surface area contributed by atoms with Crippen LogP contribution in [-0.2, 0) is 4.79 Å². The van der Waals surface area contributed by atoms with Crippen LogP contribution in [-0.4, -0.2) is 31.7 Å². The maximum Gasteiger partial charge on any atom is 0.220 e. The highest BCUT2D eigenvalue weighted by Gasteiger charge is 2.20. The normalized spacial score (nSPS) is 18.1. The second-order valence-electron chi connectivity index (χ2n) is 5.52. The number of ether oxygens (including phenoxy) is 2. The smallest absolute Gasteiger partial charge is 0.220 e. The number of carbonyl (C=O) groups is 1. The van der Waals surface area contributed by atoms with Crippen LogP contribution >= 0.6 is 0 Å². The number of para-hydroxylation sites is 2. The number of fused-ring (bicyclic) bond motifs is 1. The summed E-state index contributed by atoms with van der Waals surface area (Å²) in [6.07, 6.45) is 2.23. The summed E-state index contributed by atoms with van der Waals surface area (Å²) < 4.78 is 11.4. The summed E-state index contributed by atoms with van der Waals surface area (Å²) in [4.78, 5) is 11.8. The Kier molecular flexibility index (Phi) is 5.87. The first kappa shape index (κ1) is 15.6. The molecule has 1 aliphatic heterocycles. The van der Waals surface area contributed by atoms with Crippen molar-refractivity contribution in [2.75, 3.05) is 19.7 Å². The Balaban J connectivity index is 1.68. The largest absolute Gasteiger partial charge is 0.486 e. The lowest BCUT2D eigenvalue weighted by atomic mass is 10.0. The van der Waals surface area contributed by atoms with Crippen LogP contribution in [0.15, 0.2) is 24.3 Å². The van der Waals surface area contributed by atoms with Gasteiger partial charge in [0.1, 0.15) is 12.7 Å². The van der Waals surface area contributed by atoms with E-state index in [0.717, 1.165) is 24.3 Å². The molecule has 116 valence electrons. The monoisotopic (exact) mass is 292 g/mol. The zero-order chi connectivity index (χ0) is 15.1. The molecule has 1 aromatic rings. The van der Waals surface area contributed by atoms with Gasteiger partial charge in [0.25, 0.3) is 0 Å². The minimum Gasteiger partial charge on any atom is -0.486 e. The van der Waals surface area contributed by atoms with Gasteiger partial charge in [-0.1, -0.05) is 19.1 Å². The van der Waals surface area contributed by atoms with Crippen LogP contribution in [0.25, 0.3) is 0 Å². The molecule has 2 unspecified atom stereocenters. The number of rotatable bonds is 7. The Morgan fingerprint density at radius 3 is 2.90 bits per heavy atom.